The molecule has 1 aliphatic heterocycles. The summed E-state index contributed by atoms with van der Waals surface area (Å²) in [5.74, 6) is 2.62. The lowest BCUT2D eigenvalue weighted by atomic mass is 10.1. The molecule has 1 aromatic heterocycles. The maximum atomic E-state index is 13.1. The van der Waals surface area contributed by atoms with Crippen LogP contribution in [0.5, 0.6) is 11.5 Å². The molecule has 0 N–H and O–H groups in total. The minimum absolute atomic E-state index is 0.00609. The van der Waals surface area contributed by atoms with Gasteiger partial charge in [-0.2, -0.15) is 0 Å². The van der Waals surface area contributed by atoms with Crippen molar-refractivity contribution in [3.63, 3.8) is 0 Å². The molecule has 0 bridgehead atoms. The average molecular weight is 470 g/mol. The van der Waals surface area contributed by atoms with E-state index in [9.17, 15) is 4.79 Å². The number of aryl methyl sites for hydroxylation is 1. The van der Waals surface area contributed by atoms with Gasteiger partial charge in [-0.15, -0.1) is 0 Å². The van der Waals surface area contributed by atoms with E-state index in [0.717, 1.165) is 40.5 Å². The molecule has 1 aliphatic rings. The fraction of sp³-hybridized carbons (Fsp3) is 0.310. The molecule has 1 amide bonds. The summed E-state index contributed by atoms with van der Waals surface area (Å²) < 4.78 is 14.1. The Kier molecular flexibility index (Phi) is 6.70. The van der Waals surface area contributed by atoms with Crippen LogP contribution in [0.15, 0.2) is 72.8 Å². The highest BCUT2D eigenvalue weighted by Gasteiger charge is 2.36. The molecule has 1 atom stereocenters. The van der Waals surface area contributed by atoms with Crippen LogP contribution in [0, 0.1) is 0 Å². The number of ether oxygens (including phenoxy) is 2. The van der Waals surface area contributed by atoms with Gasteiger partial charge in [0.05, 0.1) is 29.9 Å². The first-order valence-corrected chi connectivity index (χ1v) is 12.4. The van der Waals surface area contributed by atoms with E-state index in [-0.39, 0.29) is 11.8 Å². The van der Waals surface area contributed by atoms with Crippen LogP contribution in [0.2, 0.25) is 0 Å². The van der Waals surface area contributed by atoms with Gasteiger partial charge in [-0.05, 0) is 55.3 Å². The van der Waals surface area contributed by atoms with Crippen LogP contribution in [0.25, 0.3) is 11.0 Å². The standard InChI is InChI=1S/C29H31N3O3/c1-3-21-13-15-23(16-14-21)35-18-17-31-25-10-6-5-9-24(25)30-29(31)22-19-28(33)32(20-22)26-11-7-8-12-27(26)34-4-2/h5-16,22H,3-4,17-20H2,1-2H3/t22-/m1/s1. The van der Waals surface area contributed by atoms with Gasteiger partial charge >= 0.3 is 0 Å². The number of carbonyl (C=O) groups is 1. The minimum atomic E-state index is -0.00609. The number of fused-ring (bicyclic) bond motifs is 1. The molecule has 0 saturated carbocycles. The maximum Gasteiger partial charge on any atom is 0.227 e. The van der Waals surface area contributed by atoms with Gasteiger partial charge in [0.25, 0.3) is 0 Å². The highest BCUT2D eigenvalue weighted by Crippen LogP contribution is 2.37. The summed E-state index contributed by atoms with van der Waals surface area (Å²) in [5, 5.41) is 0. The molecule has 2 heterocycles. The molecule has 3 aromatic carbocycles. The van der Waals surface area contributed by atoms with E-state index in [1.165, 1.54) is 5.56 Å². The van der Waals surface area contributed by atoms with Crippen LogP contribution in [0.4, 0.5) is 5.69 Å². The van der Waals surface area contributed by atoms with Crippen LogP contribution >= 0.6 is 0 Å². The van der Waals surface area contributed by atoms with Crippen LogP contribution in [-0.4, -0.2) is 35.2 Å². The van der Waals surface area contributed by atoms with Gasteiger partial charge in [-0.1, -0.05) is 43.3 Å². The van der Waals surface area contributed by atoms with Crippen molar-refractivity contribution in [2.24, 2.45) is 0 Å². The van der Waals surface area contributed by atoms with E-state index in [4.69, 9.17) is 14.5 Å². The van der Waals surface area contributed by atoms with Crippen LogP contribution in [0.1, 0.15) is 37.6 Å². The van der Waals surface area contributed by atoms with Crippen molar-refractivity contribution in [2.45, 2.75) is 39.2 Å². The minimum Gasteiger partial charge on any atom is -0.492 e. The number of aromatic nitrogens is 2. The topological polar surface area (TPSA) is 56.6 Å². The van der Waals surface area contributed by atoms with Gasteiger partial charge in [-0.25, -0.2) is 4.98 Å². The Bertz CT molecular complexity index is 1310. The number of benzene rings is 3. The van der Waals surface area contributed by atoms with E-state index in [2.05, 4.69) is 29.7 Å². The summed E-state index contributed by atoms with van der Waals surface area (Å²) in [5.41, 5.74) is 4.12. The number of imidazole rings is 1. The van der Waals surface area contributed by atoms with E-state index >= 15 is 0 Å². The van der Waals surface area contributed by atoms with Gasteiger partial charge in [0.15, 0.2) is 0 Å². The van der Waals surface area contributed by atoms with Crippen molar-refractivity contribution in [3.8, 4) is 11.5 Å². The number of nitrogens with zero attached hydrogens (tertiary/aromatic N) is 3. The molecule has 1 fully saturated rings. The Labute approximate surface area is 206 Å². The van der Waals surface area contributed by atoms with Crippen molar-refractivity contribution < 1.29 is 14.3 Å². The van der Waals surface area contributed by atoms with Crippen molar-refractivity contribution >= 4 is 22.6 Å². The number of anilines is 1. The molecule has 0 radical (unpaired) electrons. The number of hydrogen-bond donors (Lipinski definition) is 0. The average Bonchev–Trinajstić information content (AvgIpc) is 3.45. The zero-order valence-corrected chi connectivity index (χ0v) is 20.3. The third-order valence-corrected chi connectivity index (χ3v) is 6.55. The Morgan fingerprint density at radius 2 is 1.71 bits per heavy atom. The van der Waals surface area contributed by atoms with Gasteiger partial charge in [-0.3, -0.25) is 4.79 Å². The Morgan fingerprint density at radius 3 is 2.51 bits per heavy atom. The monoisotopic (exact) mass is 469 g/mol. The molecule has 35 heavy (non-hydrogen) atoms. The van der Waals surface area contributed by atoms with E-state index in [1.54, 1.807) is 0 Å². The van der Waals surface area contributed by atoms with Gasteiger partial charge in [0, 0.05) is 18.9 Å². The highest BCUT2D eigenvalue weighted by molar-refractivity contribution is 5.97. The number of para-hydroxylation sites is 4. The van der Waals surface area contributed by atoms with Crippen molar-refractivity contribution in [1.29, 1.82) is 0 Å². The van der Waals surface area contributed by atoms with Crippen LogP contribution in [-0.2, 0) is 17.8 Å². The second-order valence-electron chi connectivity index (χ2n) is 8.76. The second kappa shape index (κ2) is 10.2. The zero-order valence-electron chi connectivity index (χ0n) is 20.3. The van der Waals surface area contributed by atoms with Crippen molar-refractivity contribution in [3.05, 3.63) is 84.2 Å². The molecule has 6 nitrogen and oxygen atoms in total. The summed E-state index contributed by atoms with van der Waals surface area (Å²) >= 11 is 0. The Hall–Kier alpha value is -3.80. The summed E-state index contributed by atoms with van der Waals surface area (Å²) in [7, 11) is 0. The summed E-state index contributed by atoms with van der Waals surface area (Å²) in [6, 6.07) is 24.1. The normalized spacial score (nSPS) is 15.7. The molecule has 6 heteroatoms. The largest absolute Gasteiger partial charge is 0.492 e. The smallest absolute Gasteiger partial charge is 0.227 e. The highest BCUT2D eigenvalue weighted by atomic mass is 16.5. The predicted molar refractivity (Wildman–Crippen MR) is 138 cm³/mol. The number of rotatable bonds is 9. The van der Waals surface area contributed by atoms with Gasteiger partial charge < -0.3 is 18.9 Å². The SMILES string of the molecule is CCOc1ccccc1N1C[C@H](c2nc3ccccc3n2CCOc2ccc(CC)cc2)CC1=O. The van der Waals surface area contributed by atoms with Crippen molar-refractivity contribution in [1.82, 2.24) is 9.55 Å². The summed E-state index contributed by atoms with van der Waals surface area (Å²) in [4.78, 5) is 19.9. The molecule has 0 spiro atoms. The van der Waals surface area contributed by atoms with Crippen LogP contribution < -0.4 is 14.4 Å². The first kappa shape index (κ1) is 23.0. The zero-order chi connectivity index (χ0) is 24.2. The summed E-state index contributed by atoms with van der Waals surface area (Å²) in [6.45, 7) is 6.41. The number of hydrogen-bond acceptors (Lipinski definition) is 4. The van der Waals surface area contributed by atoms with Gasteiger partial charge in [0.2, 0.25) is 5.91 Å². The third-order valence-electron chi connectivity index (χ3n) is 6.55. The quantitative estimate of drug-likeness (QED) is 0.320. The molecule has 0 unspecified atom stereocenters. The Morgan fingerprint density at radius 1 is 0.943 bits per heavy atom. The molecular weight excluding hydrogens is 438 g/mol. The fourth-order valence-electron chi connectivity index (χ4n) is 4.79. The van der Waals surface area contributed by atoms with Gasteiger partial charge in [0.1, 0.15) is 23.9 Å². The molecule has 5 rings (SSSR count). The summed E-state index contributed by atoms with van der Waals surface area (Å²) in [6.07, 6.45) is 1.43. The first-order valence-electron chi connectivity index (χ1n) is 12.4. The van der Waals surface area contributed by atoms with Crippen LogP contribution in [0.3, 0.4) is 0 Å². The van der Waals surface area contributed by atoms with Crippen molar-refractivity contribution in [2.75, 3.05) is 24.7 Å². The fourth-order valence-corrected chi connectivity index (χ4v) is 4.79. The maximum absolute atomic E-state index is 13.1. The second-order valence-corrected chi connectivity index (χ2v) is 8.76. The lowest BCUT2D eigenvalue weighted by Crippen LogP contribution is -2.25. The predicted octanol–water partition coefficient (Wildman–Crippen LogP) is 5.60. The van der Waals surface area contributed by atoms with E-state index < -0.39 is 0 Å². The third kappa shape index (κ3) is 4.74. The lowest BCUT2D eigenvalue weighted by molar-refractivity contribution is -0.117. The number of carbonyl (C=O) groups excluding carboxylic acids is 1. The molecule has 180 valence electrons. The molecule has 0 aliphatic carbocycles. The Balaban J connectivity index is 1.38. The van der Waals surface area contributed by atoms with E-state index in [1.807, 2.05) is 66.4 Å². The number of amides is 1. The molecule has 4 aromatic rings. The first-order chi connectivity index (χ1) is 17.2. The molecular formula is C29H31N3O3. The molecule has 1 saturated heterocycles. The van der Waals surface area contributed by atoms with E-state index in [0.29, 0.717) is 32.7 Å². The lowest BCUT2D eigenvalue weighted by Gasteiger charge is -2.20.